The number of hydrogen-bond acceptors (Lipinski definition) is 4. The summed E-state index contributed by atoms with van der Waals surface area (Å²) in [6.07, 6.45) is 2.04. The minimum atomic E-state index is 0.0667. The van der Waals surface area contributed by atoms with Crippen LogP contribution in [0.2, 0.25) is 5.15 Å². The molecular formula is C16H20ClN3OS. The third-order valence-corrected chi connectivity index (χ3v) is 4.45. The average molecular weight is 338 g/mol. The van der Waals surface area contributed by atoms with Gasteiger partial charge in [0.25, 0.3) is 0 Å². The zero-order valence-corrected chi connectivity index (χ0v) is 14.8. The lowest BCUT2D eigenvalue weighted by Crippen LogP contribution is -2.34. The average Bonchev–Trinajstić information content (AvgIpc) is 2.47. The lowest BCUT2D eigenvalue weighted by atomic mass is 10.1. The van der Waals surface area contributed by atoms with Crippen LogP contribution in [-0.2, 0) is 11.3 Å². The zero-order chi connectivity index (χ0) is 16.3. The second kappa shape index (κ2) is 7.31. The molecule has 2 rings (SSSR count). The third-order valence-electron chi connectivity index (χ3n) is 3.40. The smallest absolute Gasteiger partial charge is 0.236 e. The molecule has 6 heteroatoms. The van der Waals surface area contributed by atoms with E-state index in [4.69, 9.17) is 11.6 Å². The van der Waals surface area contributed by atoms with Crippen LogP contribution in [0.4, 0.5) is 0 Å². The number of aromatic nitrogens is 1. The summed E-state index contributed by atoms with van der Waals surface area (Å²) in [6, 6.07) is 8.21. The summed E-state index contributed by atoms with van der Waals surface area (Å²) in [5, 5.41) is 1.56. The zero-order valence-electron chi connectivity index (χ0n) is 13.3. The Kier molecular flexibility index (Phi) is 5.67. The van der Waals surface area contributed by atoms with E-state index in [2.05, 4.69) is 17.1 Å². The Morgan fingerprint density at radius 1 is 1.27 bits per heavy atom. The maximum atomic E-state index is 11.7. The monoisotopic (exact) mass is 337 g/mol. The highest BCUT2D eigenvalue weighted by Crippen LogP contribution is 2.25. The summed E-state index contributed by atoms with van der Waals surface area (Å²) >= 11 is 7.98. The molecule has 0 N–H and O–H groups in total. The molecule has 1 aromatic carbocycles. The van der Waals surface area contributed by atoms with Gasteiger partial charge in [-0.05, 0) is 31.5 Å². The number of halogens is 1. The summed E-state index contributed by atoms with van der Waals surface area (Å²) in [5.74, 6) is 0.0667. The molecule has 1 aromatic heterocycles. The highest BCUT2D eigenvalue weighted by Gasteiger charge is 2.12. The number of nitrogens with zero attached hydrogens (tertiary/aromatic N) is 3. The van der Waals surface area contributed by atoms with Crippen molar-refractivity contribution in [1.82, 2.24) is 14.8 Å². The Labute approximate surface area is 140 Å². The fraction of sp³-hybridized carbons (Fsp3) is 0.375. The molecule has 0 saturated carbocycles. The number of benzene rings is 1. The number of rotatable bonds is 5. The van der Waals surface area contributed by atoms with Crippen LogP contribution in [0.15, 0.2) is 29.2 Å². The van der Waals surface area contributed by atoms with Gasteiger partial charge in [0, 0.05) is 36.5 Å². The molecule has 0 spiro atoms. The maximum absolute atomic E-state index is 11.7. The predicted octanol–water partition coefficient (Wildman–Crippen LogP) is 3.13. The predicted molar refractivity (Wildman–Crippen MR) is 93.6 cm³/mol. The largest absolute Gasteiger partial charge is 0.348 e. The van der Waals surface area contributed by atoms with Crippen molar-refractivity contribution in [2.24, 2.45) is 0 Å². The highest BCUT2D eigenvalue weighted by atomic mass is 35.5. The summed E-state index contributed by atoms with van der Waals surface area (Å²) in [6.45, 7) is 0.943. The molecule has 0 fully saturated rings. The molecule has 22 heavy (non-hydrogen) atoms. The lowest BCUT2D eigenvalue weighted by Gasteiger charge is -2.19. The Bertz CT molecular complexity index is 690. The first-order valence-corrected chi connectivity index (χ1v) is 8.53. The number of pyridine rings is 1. The number of likely N-dealkylation sites (N-methyl/N-ethyl adjacent to an activating group) is 2. The fourth-order valence-electron chi connectivity index (χ4n) is 2.12. The van der Waals surface area contributed by atoms with Gasteiger partial charge in [0.1, 0.15) is 5.15 Å². The van der Waals surface area contributed by atoms with Gasteiger partial charge in [-0.2, -0.15) is 0 Å². The van der Waals surface area contributed by atoms with Crippen molar-refractivity contribution >= 4 is 40.2 Å². The van der Waals surface area contributed by atoms with Crippen molar-refractivity contribution in [1.29, 1.82) is 0 Å². The van der Waals surface area contributed by atoms with Crippen molar-refractivity contribution in [3.63, 3.8) is 0 Å². The van der Waals surface area contributed by atoms with Gasteiger partial charge in [-0.1, -0.05) is 17.7 Å². The topological polar surface area (TPSA) is 36.4 Å². The molecule has 118 valence electrons. The van der Waals surface area contributed by atoms with Crippen LogP contribution in [0.25, 0.3) is 10.9 Å². The van der Waals surface area contributed by atoms with Crippen molar-refractivity contribution < 1.29 is 4.79 Å². The van der Waals surface area contributed by atoms with E-state index in [-0.39, 0.29) is 5.91 Å². The first kappa shape index (κ1) is 17.1. The molecule has 2 aromatic rings. The van der Waals surface area contributed by atoms with Crippen molar-refractivity contribution in [3.8, 4) is 0 Å². The summed E-state index contributed by atoms with van der Waals surface area (Å²) in [5.41, 5.74) is 1.83. The van der Waals surface area contributed by atoms with Crippen LogP contribution in [0, 0.1) is 0 Å². The molecule has 4 nitrogen and oxygen atoms in total. The summed E-state index contributed by atoms with van der Waals surface area (Å²) < 4.78 is 0. The van der Waals surface area contributed by atoms with E-state index in [1.54, 1.807) is 30.8 Å². The van der Waals surface area contributed by atoms with Gasteiger partial charge in [0.15, 0.2) is 0 Å². The van der Waals surface area contributed by atoms with Gasteiger partial charge in [0.2, 0.25) is 5.91 Å². The van der Waals surface area contributed by atoms with Crippen LogP contribution >= 0.6 is 23.4 Å². The van der Waals surface area contributed by atoms with Gasteiger partial charge in [-0.3, -0.25) is 9.69 Å². The first-order chi connectivity index (χ1) is 10.4. The molecule has 1 amide bonds. The van der Waals surface area contributed by atoms with Crippen LogP contribution in [0.5, 0.6) is 0 Å². The third kappa shape index (κ3) is 4.12. The normalized spacial score (nSPS) is 11.2. The van der Waals surface area contributed by atoms with Gasteiger partial charge >= 0.3 is 0 Å². The number of carbonyl (C=O) groups excluding carboxylic acids is 1. The molecule has 0 radical (unpaired) electrons. The number of fused-ring (bicyclic) bond motifs is 1. The maximum Gasteiger partial charge on any atom is 0.236 e. The van der Waals surface area contributed by atoms with Crippen LogP contribution in [0.1, 0.15) is 5.56 Å². The van der Waals surface area contributed by atoms with Gasteiger partial charge < -0.3 is 4.90 Å². The van der Waals surface area contributed by atoms with Gasteiger partial charge in [-0.15, -0.1) is 11.8 Å². The second-order valence-electron chi connectivity index (χ2n) is 5.46. The van der Waals surface area contributed by atoms with Gasteiger partial charge in [-0.25, -0.2) is 4.98 Å². The second-order valence-corrected chi connectivity index (χ2v) is 6.70. The Morgan fingerprint density at radius 2 is 2.00 bits per heavy atom. The van der Waals surface area contributed by atoms with E-state index >= 15 is 0 Å². The van der Waals surface area contributed by atoms with Crippen LogP contribution < -0.4 is 0 Å². The van der Waals surface area contributed by atoms with Crippen molar-refractivity contribution in [2.75, 3.05) is 33.9 Å². The van der Waals surface area contributed by atoms with E-state index in [0.717, 1.165) is 21.4 Å². The minimum absolute atomic E-state index is 0.0667. The fourth-order valence-corrected chi connectivity index (χ4v) is 2.76. The SMILES string of the molecule is CSc1ccc2cc(CN(C)CC(=O)N(C)C)c(Cl)nc2c1. The number of hydrogen-bond donors (Lipinski definition) is 0. The Balaban J connectivity index is 2.21. The standard InChI is InChI=1S/C16H20ClN3OS/c1-19(2)15(21)10-20(3)9-12-7-11-5-6-13(22-4)8-14(11)18-16(12)17/h5-8H,9-10H2,1-4H3. The number of carbonyl (C=O) groups is 1. The van der Waals surface area contributed by atoms with Gasteiger partial charge in [0.05, 0.1) is 12.1 Å². The molecule has 0 bridgehead atoms. The highest BCUT2D eigenvalue weighted by molar-refractivity contribution is 7.98. The molecule has 1 heterocycles. The summed E-state index contributed by atoms with van der Waals surface area (Å²) in [7, 11) is 5.41. The molecule has 0 aliphatic heterocycles. The van der Waals surface area contributed by atoms with Crippen molar-refractivity contribution in [2.45, 2.75) is 11.4 Å². The first-order valence-electron chi connectivity index (χ1n) is 6.92. The Hall–Kier alpha value is -1.30. The molecule has 0 unspecified atom stereocenters. The number of thioether (sulfide) groups is 1. The molecule has 0 aliphatic rings. The van der Waals surface area contributed by atoms with E-state index in [9.17, 15) is 4.79 Å². The van der Waals surface area contributed by atoms with Crippen molar-refractivity contribution in [3.05, 3.63) is 35.0 Å². The van der Waals surface area contributed by atoms with Crippen LogP contribution in [0.3, 0.4) is 0 Å². The van der Waals surface area contributed by atoms with E-state index in [0.29, 0.717) is 18.2 Å². The molecule has 0 aliphatic carbocycles. The molecular weight excluding hydrogens is 318 g/mol. The minimum Gasteiger partial charge on any atom is -0.348 e. The quantitative estimate of drug-likeness (QED) is 0.620. The van der Waals surface area contributed by atoms with E-state index < -0.39 is 0 Å². The Morgan fingerprint density at radius 3 is 2.64 bits per heavy atom. The molecule has 0 saturated heterocycles. The lowest BCUT2D eigenvalue weighted by molar-refractivity contribution is -0.129. The van der Waals surface area contributed by atoms with Crippen LogP contribution in [-0.4, -0.2) is 54.6 Å². The van der Waals surface area contributed by atoms with E-state index in [1.807, 2.05) is 30.3 Å². The molecule has 0 atom stereocenters. The number of amides is 1. The summed E-state index contributed by atoms with van der Waals surface area (Å²) in [4.78, 5) is 20.9. The van der Waals surface area contributed by atoms with E-state index in [1.165, 1.54) is 0 Å².